The lowest BCUT2D eigenvalue weighted by Gasteiger charge is -2.13. The summed E-state index contributed by atoms with van der Waals surface area (Å²) < 4.78 is 16.3. The zero-order valence-corrected chi connectivity index (χ0v) is 13.4. The predicted octanol–water partition coefficient (Wildman–Crippen LogP) is 3.10. The van der Waals surface area contributed by atoms with Gasteiger partial charge in [0.2, 0.25) is 5.78 Å². The van der Waals surface area contributed by atoms with Crippen LogP contribution in [0.1, 0.15) is 15.9 Å². The van der Waals surface area contributed by atoms with Gasteiger partial charge in [0.15, 0.2) is 0 Å². The van der Waals surface area contributed by atoms with E-state index in [1.165, 1.54) is 20.4 Å². The van der Waals surface area contributed by atoms with Crippen LogP contribution in [-0.4, -0.2) is 32.1 Å². The van der Waals surface area contributed by atoms with Crippen LogP contribution in [0.2, 0.25) is 0 Å². The fourth-order valence-corrected chi connectivity index (χ4v) is 2.62. The molecule has 0 aliphatic rings. The zero-order valence-electron chi connectivity index (χ0n) is 11.8. The minimum Gasteiger partial charge on any atom is -0.495 e. The Morgan fingerprint density at radius 3 is 2.33 bits per heavy atom. The molecule has 0 atom stereocenters. The molecule has 21 heavy (non-hydrogen) atoms. The Morgan fingerprint density at radius 2 is 1.71 bits per heavy atom. The maximum atomic E-state index is 12.7. The number of hydrogen-bond donors (Lipinski definition) is 0. The van der Waals surface area contributed by atoms with Crippen LogP contribution in [0.4, 0.5) is 0 Å². The Morgan fingerprint density at radius 1 is 1.00 bits per heavy atom. The van der Waals surface area contributed by atoms with Gasteiger partial charge in [0.05, 0.1) is 38.7 Å². The van der Waals surface area contributed by atoms with Gasteiger partial charge in [-0.15, -0.1) is 0 Å². The van der Waals surface area contributed by atoms with E-state index >= 15 is 0 Å². The quantitative estimate of drug-likeness (QED) is 0.774. The minimum absolute atomic E-state index is 0.213. The first-order valence-electron chi connectivity index (χ1n) is 6.07. The van der Waals surface area contributed by atoms with Crippen molar-refractivity contribution < 1.29 is 19.0 Å². The molecule has 0 spiro atoms. The van der Waals surface area contributed by atoms with E-state index in [1.54, 1.807) is 31.5 Å². The number of benzene rings is 1. The number of aromatic nitrogens is 1. The molecule has 1 aromatic heterocycles. The van der Waals surface area contributed by atoms with E-state index in [-0.39, 0.29) is 5.78 Å². The molecule has 0 radical (unpaired) electrons. The molecule has 0 fully saturated rings. The molecule has 0 bridgehead atoms. The molecule has 0 aliphatic heterocycles. The summed E-state index contributed by atoms with van der Waals surface area (Å²) in [6.07, 6.45) is 3.04. The van der Waals surface area contributed by atoms with E-state index in [1.807, 2.05) is 0 Å². The summed E-state index contributed by atoms with van der Waals surface area (Å²) in [6.45, 7) is 0. The Balaban J connectivity index is 2.56. The molecule has 1 aromatic carbocycles. The van der Waals surface area contributed by atoms with Gasteiger partial charge in [-0.1, -0.05) is 0 Å². The Hall–Kier alpha value is -2.08. The third-order valence-electron chi connectivity index (χ3n) is 2.98. The molecule has 0 amide bonds. The number of nitrogens with zero attached hydrogens (tertiary/aromatic N) is 1. The highest BCUT2D eigenvalue weighted by atomic mass is 79.9. The van der Waals surface area contributed by atoms with Gasteiger partial charge in [0.1, 0.15) is 21.7 Å². The fraction of sp³-hybridized carbons (Fsp3) is 0.200. The summed E-state index contributed by atoms with van der Waals surface area (Å²) in [4.78, 5) is 16.7. The number of rotatable bonds is 5. The highest BCUT2D eigenvalue weighted by Crippen LogP contribution is 2.38. The first-order chi connectivity index (χ1) is 10.1. The number of ketones is 1. The average Bonchev–Trinajstić information content (AvgIpc) is 2.53. The minimum atomic E-state index is -0.213. The zero-order chi connectivity index (χ0) is 15.4. The van der Waals surface area contributed by atoms with Crippen molar-refractivity contribution >= 4 is 21.7 Å². The first kappa shape index (κ1) is 15.3. The van der Waals surface area contributed by atoms with Crippen LogP contribution in [0.5, 0.6) is 17.2 Å². The van der Waals surface area contributed by atoms with E-state index in [4.69, 9.17) is 14.2 Å². The number of carbonyl (C=O) groups excluding carboxylic acids is 1. The van der Waals surface area contributed by atoms with Crippen molar-refractivity contribution in [3.8, 4) is 17.2 Å². The molecule has 0 saturated heterocycles. The molecular weight excluding hydrogens is 338 g/mol. The van der Waals surface area contributed by atoms with Crippen LogP contribution >= 0.6 is 15.9 Å². The highest BCUT2D eigenvalue weighted by molar-refractivity contribution is 9.10. The summed E-state index contributed by atoms with van der Waals surface area (Å²) in [7, 11) is 4.54. The normalized spacial score (nSPS) is 10.1. The standard InChI is InChI=1S/C15H14BrNO4/c1-19-11-5-4-10(15(21-3)13(11)16)14(18)9-6-7-17-8-12(9)20-2/h4-8H,1-3H3. The smallest absolute Gasteiger partial charge is 0.200 e. The molecule has 110 valence electrons. The Bertz CT molecular complexity index is 673. The number of pyridine rings is 1. The lowest BCUT2D eigenvalue weighted by molar-refractivity contribution is 0.103. The van der Waals surface area contributed by atoms with Crippen molar-refractivity contribution in [1.29, 1.82) is 0 Å². The number of carbonyl (C=O) groups is 1. The van der Waals surface area contributed by atoms with Crippen LogP contribution in [0, 0.1) is 0 Å². The first-order valence-corrected chi connectivity index (χ1v) is 6.86. The van der Waals surface area contributed by atoms with Crippen molar-refractivity contribution in [2.24, 2.45) is 0 Å². The monoisotopic (exact) mass is 351 g/mol. The third-order valence-corrected chi connectivity index (χ3v) is 3.73. The van der Waals surface area contributed by atoms with Crippen molar-refractivity contribution in [3.05, 3.63) is 46.2 Å². The molecule has 0 aliphatic carbocycles. The van der Waals surface area contributed by atoms with Crippen molar-refractivity contribution in [2.45, 2.75) is 0 Å². The molecule has 0 unspecified atom stereocenters. The van der Waals surface area contributed by atoms with Crippen LogP contribution < -0.4 is 14.2 Å². The van der Waals surface area contributed by atoms with Gasteiger partial charge in [-0.3, -0.25) is 9.78 Å². The van der Waals surface area contributed by atoms with Gasteiger partial charge < -0.3 is 14.2 Å². The molecule has 0 N–H and O–H groups in total. The average molecular weight is 352 g/mol. The Kier molecular flexibility index (Phi) is 4.80. The number of methoxy groups -OCH3 is 3. The van der Waals surface area contributed by atoms with Crippen molar-refractivity contribution in [2.75, 3.05) is 21.3 Å². The van der Waals surface area contributed by atoms with Crippen LogP contribution in [0.3, 0.4) is 0 Å². The molecule has 0 saturated carbocycles. The van der Waals surface area contributed by atoms with E-state index in [0.29, 0.717) is 32.8 Å². The van der Waals surface area contributed by atoms with Gasteiger partial charge >= 0.3 is 0 Å². The van der Waals surface area contributed by atoms with Gasteiger partial charge in [-0.05, 0) is 34.1 Å². The Labute approximate surface area is 131 Å². The van der Waals surface area contributed by atoms with E-state index in [9.17, 15) is 4.79 Å². The summed E-state index contributed by atoms with van der Waals surface area (Å²) in [5.74, 6) is 1.20. The maximum absolute atomic E-state index is 12.7. The van der Waals surface area contributed by atoms with E-state index in [2.05, 4.69) is 20.9 Å². The SMILES string of the molecule is COc1cnccc1C(=O)c1ccc(OC)c(Br)c1OC. The lowest BCUT2D eigenvalue weighted by Crippen LogP contribution is -2.07. The van der Waals surface area contributed by atoms with Crippen LogP contribution in [0.15, 0.2) is 35.1 Å². The van der Waals surface area contributed by atoms with Crippen molar-refractivity contribution in [1.82, 2.24) is 4.98 Å². The molecule has 2 rings (SSSR count). The summed E-state index contributed by atoms with van der Waals surface area (Å²) in [5, 5.41) is 0. The fourth-order valence-electron chi connectivity index (χ4n) is 1.95. The maximum Gasteiger partial charge on any atom is 0.200 e. The van der Waals surface area contributed by atoms with Gasteiger partial charge in [0.25, 0.3) is 0 Å². The third kappa shape index (κ3) is 2.85. The van der Waals surface area contributed by atoms with Gasteiger partial charge in [-0.25, -0.2) is 0 Å². The largest absolute Gasteiger partial charge is 0.495 e. The number of hydrogen-bond acceptors (Lipinski definition) is 5. The van der Waals surface area contributed by atoms with Crippen LogP contribution in [-0.2, 0) is 0 Å². The van der Waals surface area contributed by atoms with Gasteiger partial charge in [0, 0.05) is 6.20 Å². The summed E-state index contributed by atoms with van der Waals surface area (Å²) in [5.41, 5.74) is 0.831. The molecule has 6 heteroatoms. The van der Waals surface area contributed by atoms with E-state index < -0.39 is 0 Å². The molecule has 2 aromatic rings. The second-order valence-electron chi connectivity index (χ2n) is 4.07. The summed E-state index contributed by atoms with van der Waals surface area (Å²) in [6, 6.07) is 4.97. The predicted molar refractivity (Wildman–Crippen MR) is 81.5 cm³/mol. The highest BCUT2D eigenvalue weighted by Gasteiger charge is 2.21. The summed E-state index contributed by atoms with van der Waals surface area (Å²) >= 11 is 3.38. The van der Waals surface area contributed by atoms with Crippen molar-refractivity contribution in [3.63, 3.8) is 0 Å². The number of halogens is 1. The topological polar surface area (TPSA) is 57.7 Å². The lowest BCUT2D eigenvalue weighted by atomic mass is 10.0. The molecule has 5 nitrogen and oxygen atoms in total. The second kappa shape index (κ2) is 6.58. The van der Waals surface area contributed by atoms with E-state index in [0.717, 1.165) is 0 Å². The second-order valence-corrected chi connectivity index (χ2v) is 4.86. The molecular formula is C15H14BrNO4. The van der Waals surface area contributed by atoms with Gasteiger partial charge in [-0.2, -0.15) is 0 Å². The van der Waals surface area contributed by atoms with Crippen LogP contribution in [0.25, 0.3) is 0 Å². The number of ether oxygens (including phenoxy) is 3. The molecule has 1 heterocycles.